The van der Waals surface area contributed by atoms with Crippen molar-refractivity contribution < 1.29 is 9.50 Å². The van der Waals surface area contributed by atoms with Crippen molar-refractivity contribution in [1.82, 2.24) is 0 Å². The standard InChI is InChI=1S/C14H12ClFO/c15-14(17)9-5-4-8-12(14)10-13(16)11-6-2-1-3-7-11/h1-10,12,17H/b13-10+. The molecule has 1 nitrogen and oxygen atoms in total. The minimum absolute atomic E-state index is 0.394. The van der Waals surface area contributed by atoms with E-state index in [1.54, 1.807) is 42.5 Å². The zero-order valence-electron chi connectivity index (χ0n) is 9.05. The van der Waals surface area contributed by atoms with Gasteiger partial charge in [-0.3, -0.25) is 0 Å². The quantitative estimate of drug-likeness (QED) is 0.794. The number of alkyl halides is 1. The summed E-state index contributed by atoms with van der Waals surface area (Å²) >= 11 is 5.88. The predicted molar refractivity (Wildman–Crippen MR) is 68.1 cm³/mol. The molecule has 1 aromatic rings. The molecule has 0 amide bonds. The predicted octanol–water partition coefficient (Wildman–Crippen LogP) is 3.67. The van der Waals surface area contributed by atoms with E-state index in [4.69, 9.17) is 11.6 Å². The molecule has 0 fully saturated rings. The summed E-state index contributed by atoms with van der Waals surface area (Å²) in [5.41, 5.74) is 0.475. The van der Waals surface area contributed by atoms with Gasteiger partial charge in [-0.05, 0) is 12.2 Å². The maximum absolute atomic E-state index is 13.9. The lowest BCUT2D eigenvalue weighted by Gasteiger charge is -2.24. The van der Waals surface area contributed by atoms with Crippen molar-refractivity contribution in [3.63, 3.8) is 0 Å². The second kappa shape index (κ2) is 4.86. The number of aliphatic hydroxyl groups is 1. The molecular weight excluding hydrogens is 239 g/mol. The first-order chi connectivity index (χ1) is 8.09. The van der Waals surface area contributed by atoms with Crippen LogP contribution in [0.15, 0.2) is 60.7 Å². The lowest BCUT2D eigenvalue weighted by molar-refractivity contribution is 0.151. The Kier molecular flexibility index (Phi) is 3.46. The molecule has 2 unspecified atom stereocenters. The summed E-state index contributed by atoms with van der Waals surface area (Å²) in [5.74, 6) is -0.969. The van der Waals surface area contributed by atoms with E-state index in [1.165, 1.54) is 12.2 Å². The molecule has 1 N–H and O–H groups in total. The smallest absolute Gasteiger partial charge is 0.167 e. The maximum atomic E-state index is 13.9. The monoisotopic (exact) mass is 250 g/mol. The van der Waals surface area contributed by atoms with Gasteiger partial charge in [0.15, 0.2) is 5.06 Å². The summed E-state index contributed by atoms with van der Waals surface area (Å²) in [7, 11) is 0. The molecule has 0 bridgehead atoms. The molecule has 2 atom stereocenters. The van der Waals surface area contributed by atoms with E-state index in [0.717, 1.165) is 0 Å². The van der Waals surface area contributed by atoms with Crippen LogP contribution in [0.5, 0.6) is 0 Å². The van der Waals surface area contributed by atoms with Crippen LogP contribution in [0.2, 0.25) is 0 Å². The lowest BCUT2D eigenvalue weighted by atomic mass is 9.95. The van der Waals surface area contributed by atoms with Crippen molar-refractivity contribution in [2.24, 2.45) is 5.92 Å². The number of halogens is 2. The highest BCUT2D eigenvalue weighted by molar-refractivity contribution is 6.24. The van der Waals surface area contributed by atoms with E-state index >= 15 is 0 Å². The number of hydrogen-bond donors (Lipinski definition) is 1. The van der Waals surface area contributed by atoms with Gasteiger partial charge in [0.25, 0.3) is 0 Å². The molecule has 0 saturated heterocycles. The first kappa shape index (κ1) is 12.1. The Bertz CT molecular complexity index is 474. The first-order valence-electron chi connectivity index (χ1n) is 5.29. The van der Waals surface area contributed by atoms with Gasteiger partial charge in [-0.15, -0.1) is 0 Å². The van der Waals surface area contributed by atoms with Crippen molar-refractivity contribution in [2.45, 2.75) is 5.06 Å². The highest BCUT2D eigenvalue weighted by atomic mass is 35.5. The summed E-state index contributed by atoms with van der Waals surface area (Å²) in [6.07, 6.45) is 7.79. The van der Waals surface area contributed by atoms with Crippen LogP contribution in [0.3, 0.4) is 0 Å². The van der Waals surface area contributed by atoms with Crippen LogP contribution in [0.1, 0.15) is 5.56 Å². The van der Waals surface area contributed by atoms with E-state index in [-0.39, 0.29) is 0 Å². The highest BCUT2D eigenvalue weighted by Gasteiger charge is 2.30. The number of allylic oxidation sites excluding steroid dienone is 2. The van der Waals surface area contributed by atoms with Gasteiger partial charge in [0.1, 0.15) is 5.83 Å². The maximum Gasteiger partial charge on any atom is 0.167 e. The normalized spacial score (nSPS) is 28.4. The largest absolute Gasteiger partial charge is 0.371 e. The molecule has 0 heterocycles. The lowest BCUT2D eigenvalue weighted by Crippen LogP contribution is -2.28. The molecule has 1 aliphatic carbocycles. The molecule has 1 aliphatic rings. The van der Waals surface area contributed by atoms with Gasteiger partial charge in [-0.2, -0.15) is 0 Å². The fourth-order valence-electron chi connectivity index (χ4n) is 1.64. The van der Waals surface area contributed by atoms with Gasteiger partial charge in [-0.25, -0.2) is 4.39 Å². The Morgan fingerprint density at radius 2 is 2.00 bits per heavy atom. The Balaban J connectivity index is 2.25. The average molecular weight is 251 g/mol. The molecule has 0 aromatic heterocycles. The van der Waals surface area contributed by atoms with E-state index < -0.39 is 16.8 Å². The minimum Gasteiger partial charge on any atom is -0.371 e. The second-order valence-electron chi connectivity index (χ2n) is 3.88. The van der Waals surface area contributed by atoms with Gasteiger partial charge >= 0.3 is 0 Å². The van der Waals surface area contributed by atoms with Crippen LogP contribution in [0.25, 0.3) is 5.83 Å². The molecule has 88 valence electrons. The summed E-state index contributed by atoms with van der Waals surface area (Å²) in [5, 5.41) is 8.29. The van der Waals surface area contributed by atoms with Crippen molar-refractivity contribution in [1.29, 1.82) is 0 Å². The molecule has 0 saturated carbocycles. The van der Waals surface area contributed by atoms with E-state index in [2.05, 4.69) is 0 Å². The summed E-state index contributed by atoms with van der Waals surface area (Å²) < 4.78 is 13.9. The molecule has 1 aromatic carbocycles. The fraction of sp³-hybridized carbons (Fsp3) is 0.143. The fourth-order valence-corrected chi connectivity index (χ4v) is 1.85. The van der Waals surface area contributed by atoms with E-state index in [9.17, 15) is 9.50 Å². The summed E-state index contributed by atoms with van der Waals surface area (Å²) in [4.78, 5) is 0. The second-order valence-corrected chi connectivity index (χ2v) is 4.48. The van der Waals surface area contributed by atoms with Crippen molar-refractivity contribution >= 4 is 17.4 Å². The highest BCUT2D eigenvalue weighted by Crippen LogP contribution is 2.32. The Morgan fingerprint density at radius 3 is 2.65 bits per heavy atom. The van der Waals surface area contributed by atoms with Crippen LogP contribution in [-0.2, 0) is 0 Å². The first-order valence-corrected chi connectivity index (χ1v) is 5.67. The van der Waals surface area contributed by atoms with Gasteiger partial charge in [0.05, 0.1) is 0 Å². The number of hydrogen-bond acceptors (Lipinski definition) is 1. The summed E-state index contributed by atoms with van der Waals surface area (Å²) in [6, 6.07) is 8.67. The topological polar surface area (TPSA) is 20.2 Å². The van der Waals surface area contributed by atoms with Gasteiger partial charge in [0.2, 0.25) is 0 Å². The summed E-state index contributed by atoms with van der Waals surface area (Å²) in [6.45, 7) is 0. The van der Waals surface area contributed by atoms with Crippen molar-refractivity contribution in [3.05, 3.63) is 66.3 Å². The van der Waals surface area contributed by atoms with Crippen LogP contribution in [0, 0.1) is 5.92 Å². The third kappa shape index (κ3) is 2.84. The van der Waals surface area contributed by atoms with E-state index in [1.807, 2.05) is 6.07 Å². The number of benzene rings is 1. The molecule has 2 rings (SSSR count). The molecule has 0 radical (unpaired) electrons. The van der Waals surface area contributed by atoms with Crippen molar-refractivity contribution in [3.8, 4) is 0 Å². The Hall–Kier alpha value is -1.38. The molecule has 0 spiro atoms. The van der Waals surface area contributed by atoms with Crippen LogP contribution >= 0.6 is 11.6 Å². The van der Waals surface area contributed by atoms with E-state index in [0.29, 0.717) is 5.56 Å². The minimum atomic E-state index is -1.55. The zero-order chi connectivity index (χ0) is 12.3. The average Bonchev–Trinajstić information content (AvgIpc) is 2.33. The third-order valence-corrected chi connectivity index (χ3v) is 2.98. The molecule has 17 heavy (non-hydrogen) atoms. The zero-order valence-corrected chi connectivity index (χ0v) is 9.81. The van der Waals surface area contributed by atoms with Crippen LogP contribution in [-0.4, -0.2) is 10.2 Å². The van der Waals surface area contributed by atoms with Gasteiger partial charge in [0, 0.05) is 11.5 Å². The Labute approximate surface area is 105 Å². The molecular formula is C14H12ClFO. The van der Waals surface area contributed by atoms with Crippen molar-refractivity contribution in [2.75, 3.05) is 0 Å². The van der Waals surface area contributed by atoms with Crippen LogP contribution < -0.4 is 0 Å². The number of rotatable bonds is 2. The van der Waals surface area contributed by atoms with Crippen LogP contribution in [0.4, 0.5) is 4.39 Å². The Morgan fingerprint density at radius 1 is 1.29 bits per heavy atom. The molecule has 0 aliphatic heterocycles. The van der Waals surface area contributed by atoms with Gasteiger partial charge in [-0.1, -0.05) is 60.2 Å². The molecule has 3 heteroatoms. The third-order valence-electron chi connectivity index (χ3n) is 2.60. The van der Waals surface area contributed by atoms with Gasteiger partial charge < -0.3 is 5.11 Å². The SMILES string of the molecule is OC1(Cl)C=CC=CC1/C=C(/F)c1ccccc1.